The number of hydrogen-bond donors (Lipinski definition) is 2. The van der Waals surface area contributed by atoms with E-state index in [0.29, 0.717) is 29.4 Å². The van der Waals surface area contributed by atoms with Crippen molar-refractivity contribution in [2.75, 3.05) is 24.3 Å². The molecule has 0 radical (unpaired) electrons. The first-order valence-corrected chi connectivity index (χ1v) is 7.00. The molecule has 0 atom stereocenters. The summed E-state index contributed by atoms with van der Waals surface area (Å²) in [7, 11) is 1.57. The minimum Gasteiger partial charge on any atom is -0.495 e. The van der Waals surface area contributed by atoms with Crippen molar-refractivity contribution in [2.45, 2.75) is 6.42 Å². The zero-order valence-corrected chi connectivity index (χ0v) is 12.5. The number of amides is 1. The van der Waals surface area contributed by atoms with E-state index in [2.05, 4.69) is 10.6 Å². The summed E-state index contributed by atoms with van der Waals surface area (Å²) < 4.78 is 5.19. The Balaban J connectivity index is 1.84. The quantitative estimate of drug-likeness (QED) is 0.853. The average Bonchev–Trinajstić information content (AvgIpc) is 2.50. The van der Waals surface area contributed by atoms with Gasteiger partial charge in [0.2, 0.25) is 5.91 Å². The molecule has 1 amide bonds. The van der Waals surface area contributed by atoms with Crippen molar-refractivity contribution in [2.24, 2.45) is 0 Å². The lowest BCUT2D eigenvalue weighted by molar-refractivity contribution is -0.115. The van der Waals surface area contributed by atoms with E-state index in [1.807, 2.05) is 30.3 Å². The Labute approximate surface area is 129 Å². The second-order valence-electron chi connectivity index (χ2n) is 4.41. The maximum absolute atomic E-state index is 11.9. The second-order valence-corrected chi connectivity index (χ2v) is 4.81. The summed E-state index contributed by atoms with van der Waals surface area (Å²) in [4.78, 5) is 11.9. The predicted molar refractivity (Wildman–Crippen MR) is 86.2 cm³/mol. The topological polar surface area (TPSA) is 50.4 Å². The van der Waals surface area contributed by atoms with Crippen LogP contribution in [0.1, 0.15) is 6.42 Å². The number of carbonyl (C=O) groups excluding carboxylic acids is 1. The van der Waals surface area contributed by atoms with E-state index in [9.17, 15) is 4.79 Å². The van der Waals surface area contributed by atoms with Crippen LogP contribution >= 0.6 is 11.6 Å². The number of benzene rings is 2. The van der Waals surface area contributed by atoms with Gasteiger partial charge >= 0.3 is 0 Å². The molecule has 2 aromatic carbocycles. The number of methoxy groups -OCH3 is 1. The normalized spacial score (nSPS) is 10.0. The van der Waals surface area contributed by atoms with Crippen LogP contribution in [0.5, 0.6) is 5.75 Å². The molecule has 0 aliphatic rings. The Morgan fingerprint density at radius 3 is 2.48 bits per heavy atom. The minimum absolute atomic E-state index is 0.0842. The highest BCUT2D eigenvalue weighted by molar-refractivity contribution is 6.33. The summed E-state index contributed by atoms with van der Waals surface area (Å²) in [6, 6.07) is 14.7. The third-order valence-electron chi connectivity index (χ3n) is 2.92. The number of anilines is 2. The van der Waals surface area contributed by atoms with Gasteiger partial charge in [0.05, 0.1) is 23.5 Å². The fourth-order valence-electron chi connectivity index (χ4n) is 1.88. The molecule has 0 aliphatic carbocycles. The molecule has 5 heteroatoms. The fraction of sp³-hybridized carbons (Fsp3) is 0.188. The van der Waals surface area contributed by atoms with Crippen LogP contribution in [-0.2, 0) is 4.79 Å². The van der Waals surface area contributed by atoms with Crippen molar-refractivity contribution in [3.8, 4) is 5.75 Å². The maximum Gasteiger partial charge on any atom is 0.226 e. The van der Waals surface area contributed by atoms with Crippen molar-refractivity contribution in [1.82, 2.24) is 0 Å². The number of para-hydroxylation sites is 3. The van der Waals surface area contributed by atoms with Gasteiger partial charge in [-0.3, -0.25) is 4.79 Å². The molecule has 0 bridgehead atoms. The van der Waals surface area contributed by atoms with Gasteiger partial charge in [0, 0.05) is 13.0 Å². The molecular formula is C16H17ClN2O2. The molecule has 0 saturated carbocycles. The Morgan fingerprint density at radius 2 is 1.76 bits per heavy atom. The highest BCUT2D eigenvalue weighted by atomic mass is 35.5. The van der Waals surface area contributed by atoms with Gasteiger partial charge in [-0.05, 0) is 24.3 Å². The van der Waals surface area contributed by atoms with E-state index in [-0.39, 0.29) is 5.91 Å². The second kappa shape index (κ2) is 7.55. The molecule has 0 aromatic heterocycles. The SMILES string of the molecule is COc1ccccc1NC(=O)CCNc1ccccc1Cl. The van der Waals surface area contributed by atoms with Crippen LogP contribution in [0.25, 0.3) is 0 Å². The van der Waals surface area contributed by atoms with Crippen molar-refractivity contribution < 1.29 is 9.53 Å². The summed E-state index contributed by atoms with van der Waals surface area (Å²) in [6.45, 7) is 0.505. The zero-order chi connectivity index (χ0) is 15.1. The molecule has 110 valence electrons. The van der Waals surface area contributed by atoms with Gasteiger partial charge in [-0.1, -0.05) is 35.9 Å². The summed E-state index contributed by atoms with van der Waals surface area (Å²) in [5.74, 6) is 0.559. The lowest BCUT2D eigenvalue weighted by Gasteiger charge is -2.11. The zero-order valence-electron chi connectivity index (χ0n) is 11.7. The predicted octanol–water partition coefficient (Wildman–Crippen LogP) is 3.79. The van der Waals surface area contributed by atoms with Crippen LogP contribution in [0.4, 0.5) is 11.4 Å². The van der Waals surface area contributed by atoms with E-state index < -0.39 is 0 Å². The van der Waals surface area contributed by atoms with Crippen molar-refractivity contribution in [3.63, 3.8) is 0 Å². The molecule has 0 unspecified atom stereocenters. The van der Waals surface area contributed by atoms with Gasteiger partial charge in [-0.15, -0.1) is 0 Å². The number of nitrogens with one attached hydrogen (secondary N) is 2. The van der Waals surface area contributed by atoms with E-state index >= 15 is 0 Å². The van der Waals surface area contributed by atoms with Crippen molar-refractivity contribution >= 4 is 28.9 Å². The fourth-order valence-corrected chi connectivity index (χ4v) is 2.08. The molecule has 21 heavy (non-hydrogen) atoms. The van der Waals surface area contributed by atoms with Gasteiger partial charge in [-0.2, -0.15) is 0 Å². The summed E-state index contributed by atoms with van der Waals surface area (Å²) in [6.07, 6.45) is 0.337. The minimum atomic E-state index is -0.0842. The van der Waals surface area contributed by atoms with E-state index in [1.54, 1.807) is 25.3 Å². The van der Waals surface area contributed by atoms with Crippen LogP contribution in [0.2, 0.25) is 5.02 Å². The largest absolute Gasteiger partial charge is 0.495 e. The van der Waals surface area contributed by atoms with E-state index in [0.717, 1.165) is 5.69 Å². The van der Waals surface area contributed by atoms with Crippen LogP contribution in [0.3, 0.4) is 0 Å². The van der Waals surface area contributed by atoms with Crippen molar-refractivity contribution in [3.05, 3.63) is 53.6 Å². The molecule has 2 N–H and O–H groups in total. The van der Waals surface area contributed by atoms with Gasteiger partial charge in [-0.25, -0.2) is 0 Å². The number of halogens is 1. The summed E-state index contributed by atoms with van der Waals surface area (Å²) >= 11 is 6.03. The van der Waals surface area contributed by atoms with Gasteiger partial charge < -0.3 is 15.4 Å². The molecule has 2 aromatic rings. The van der Waals surface area contributed by atoms with Crippen LogP contribution in [0, 0.1) is 0 Å². The summed E-state index contributed by atoms with van der Waals surface area (Å²) in [5, 5.41) is 6.60. The Morgan fingerprint density at radius 1 is 1.10 bits per heavy atom. The van der Waals surface area contributed by atoms with Crippen LogP contribution in [-0.4, -0.2) is 19.6 Å². The third-order valence-corrected chi connectivity index (χ3v) is 3.25. The lowest BCUT2D eigenvalue weighted by Crippen LogP contribution is -2.16. The number of rotatable bonds is 6. The Kier molecular flexibility index (Phi) is 5.46. The summed E-state index contributed by atoms with van der Waals surface area (Å²) in [5.41, 5.74) is 1.49. The molecule has 2 rings (SSSR count). The molecule has 0 spiro atoms. The Hall–Kier alpha value is -2.20. The van der Waals surface area contributed by atoms with Gasteiger partial charge in [0.25, 0.3) is 0 Å². The molecular weight excluding hydrogens is 288 g/mol. The van der Waals surface area contributed by atoms with Crippen molar-refractivity contribution in [1.29, 1.82) is 0 Å². The highest BCUT2D eigenvalue weighted by Gasteiger charge is 2.06. The van der Waals surface area contributed by atoms with Gasteiger partial charge in [0.15, 0.2) is 0 Å². The van der Waals surface area contributed by atoms with Crippen LogP contribution in [0.15, 0.2) is 48.5 Å². The molecule has 0 aliphatic heterocycles. The molecule has 4 nitrogen and oxygen atoms in total. The molecule has 0 fully saturated rings. The Bertz CT molecular complexity index is 617. The van der Waals surface area contributed by atoms with E-state index in [1.165, 1.54) is 0 Å². The highest BCUT2D eigenvalue weighted by Crippen LogP contribution is 2.23. The monoisotopic (exact) mass is 304 g/mol. The number of hydrogen-bond acceptors (Lipinski definition) is 3. The number of ether oxygens (including phenoxy) is 1. The lowest BCUT2D eigenvalue weighted by atomic mass is 10.2. The molecule has 0 heterocycles. The van der Waals surface area contributed by atoms with Gasteiger partial charge in [0.1, 0.15) is 5.75 Å². The third kappa shape index (κ3) is 4.39. The first kappa shape index (κ1) is 15.2. The molecule has 0 saturated heterocycles. The maximum atomic E-state index is 11.9. The smallest absolute Gasteiger partial charge is 0.226 e. The first-order valence-electron chi connectivity index (χ1n) is 6.62. The average molecular weight is 305 g/mol. The first-order chi connectivity index (χ1) is 10.2. The van der Waals surface area contributed by atoms with E-state index in [4.69, 9.17) is 16.3 Å². The van der Waals surface area contributed by atoms with Crippen LogP contribution < -0.4 is 15.4 Å². The number of carbonyl (C=O) groups is 1. The standard InChI is InChI=1S/C16H17ClN2O2/c1-21-15-9-5-4-8-14(15)19-16(20)10-11-18-13-7-3-2-6-12(13)17/h2-9,18H,10-11H2,1H3,(H,19,20).